The first-order chi connectivity index (χ1) is 20.3. The van der Waals surface area contributed by atoms with Gasteiger partial charge in [0.05, 0.1) is 12.7 Å². The SMILES string of the molecule is CCCCCCCCCCCCCCCCCCOC[C@H](CCN)OCCCCCCCCCCCCCCCC. The molecule has 0 aromatic rings. The summed E-state index contributed by atoms with van der Waals surface area (Å²) in [6, 6.07) is 0. The molecule has 0 fully saturated rings. The highest BCUT2D eigenvalue weighted by atomic mass is 16.5. The van der Waals surface area contributed by atoms with Crippen LogP contribution in [0.5, 0.6) is 0 Å². The van der Waals surface area contributed by atoms with Gasteiger partial charge in [-0.05, 0) is 25.8 Å². The predicted octanol–water partition coefficient (Wildman–Crippen LogP) is 12.5. The Bertz CT molecular complexity index is 444. The number of hydrogen-bond donors (Lipinski definition) is 1. The quantitative estimate of drug-likeness (QED) is 0.0742. The highest BCUT2D eigenvalue weighted by Crippen LogP contribution is 2.15. The largest absolute Gasteiger partial charge is 0.379 e. The molecule has 1 atom stereocenters. The molecule has 248 valence electrons. The zero-order chi connectivity index (χ0) is 29.7. The van der Waals surface area contributed by atoms with E-state index in [1.165, 1.54) is 193 Å². The average molecular weight is 582 g/mol. The van der Waals surface area contributed by atoms with E-state index in [-0.39, 0.29) is 6.10 Å². The molecule has 0 aliphatic rings. The summed E-state index contributed by atoms with van der Waals surface area (Å²) in [4.78, 5) is 0. The highest BCUT2D eigenvalue weighted by molar-refractivity contribution is 4.59. The van der Waals surface area contributed by atoms with E-state index in [9.17, 15) is 0 Å². The summed E-state index contributed by atoms with van der Waals surface area (Å²) >= 11 is 0. The first-order valence-corrected chi connectivity index (χ1v) is 19.2. The van der Waals surface area contributed by atoms with Crippen LogP contribution in [0, 0.1) is 0 Å². The minimum Gasteiger partial charge on any atom is -0.379 e. The molecule has 0 saturated carbocycles. The van der Waals surface area contributed by atoms with Crippen molar-refractivity contribution in [1.29, 1.82) is 0 Å². The Morgan fingerprint density at radius 1 is 0.390 bits per heavy atom. The summed E-state index contributed by atoms with van der Waals surface area (Å²) < 4.78 is 12.1. The lowest BCUT2D eigenvalue weighted by Crippen LogP contribution is -2.24. The molecule has 0 amide bonds. The van der Waals surface area contributed by atoms with Gasteiger partial charge in [0.15, 0.2) is 0 Å². The van der Waals surface area contributed by atoms with Gasteiger partial charge >= 0.3 is 0 Å². The average Bonchev–Trinajstić information content (AvgIpc) is 2.98. The molecule has 0 aromatic heterocycles. The zero-order valence-electron chi connectivity index (χ0n) is 28.7. The molecule has 3 heteroatoms. The van der Waals surface area contributed by atoms with Crippen LogP contribution in [0.2, 0.25) is 0 Å². The molecule has 0 aliphatic carbocycles. The lowest BCUT2D eigenvalue weighted by atomic mass is 10.0. The molecular weight excluding hydrogens is 502 g/mol. The second-order valence-electron chi connectivity index (χ2n) is 13.0. The van der Waals surface area contributed by atoms with Crippen LogP contribution in [0.15, 0.2) is 0 Å². The first kappa shape index (κ1) is 40.9. The van der Waals surface area contributed by atoms with Crippen molar-refractivity contribution < 1.29 is 9.47 Å². The number of rotatable bonds is 37. The summed E-state index contributed by atoms with van der Waals surface area (Å²) in [5.74, 6) is 0. The third-order valence-corrected chi connectivity index (χ3v) is 8.79. The van der Waals surface area contributed by atoms with Crippen LogP contribution in [-0.2, 0) is 9.47 Å². The minimum atomic E-state index is 0.183. The van der Waals surface area contributed by atoms with Gasteiger partial charge in [0.25, 0.3) is 0 Å². The number of hydrogen-bond acceptors (Lipinski definition) is 3. The van der Waals surface area contributed by atoms with Gasteiger partial charge in [-0.2, -0.15) is 0 Å². The molecular formula is C38H79NO2. The van der Waals surface area contributed by atoms with Crippen molar-refractivity contribution >= 4 is 0 Å². The summed E-state index contributed by atoms with van der Waals surface area (Å²) in [5.41, 5.74) is 5.82. The fourth-order valence-corrected chi connectivity index (χ4v) is 5.91. The topological polar surface area (TPSA) is 44.5 Å². The van der Waals surface area contributed by atoms with Gasteiger partial charge < -0.3 is 15.2 Å². The van der Waals surface area contributed by atoms with Crippen LogP contribution < -0.4 is 5.73 Å². The molecule has 3 nitrogen and oxygen atoms in total. The Hall–Kier alpha value is -0.120. The Morgan fingerprint density at radius 2 is 0.683 bits per heavy atom. The van der Waals surface area contributed by atoms with Gasteiger partial charge in [0, 0.05) is 13.2 Å². The lowest BCUT2D eigenvalue weighted by Gasteiger charge is -2.17. The molecule has 0 saturated heterocycles. The smallest absolute Gasteiger partial charge is 0.0820 e. The molecule has 0 unspecified atom stereocenters. The van der Waals surface area contributed by atoms with Gasteiger partial charge in [-0.1, -0.05) is 194 Å². The second kappa shape index (κ2) is 37.9. The van der Waals surface area contributed by atoms with Gasteiger partial charge in [0.2, 0.25) is 0 Å². The van der Waals surface area contributed by atoms with Crippen molar-refractivity contribution in [2.45, 2.75) is 219 Å². The molecule has 2 N–H and O–H groups in total. The molecule has 0 spiro atoms. The van der Waals surface area contributed by atoms with Gasteiger partial charge in [0.1, 0.15) is 0 Å². The van der Waals surface area contributed by atoms with E-state index in [2.05, 4.69) is 13.8 Å². The van der Waals surface area contributed by atoms with Crippen LogP contribution in [0.25, 0.3) is 0 Å². The standard InChI is InChI=1S/C38H79NO2/c1-3-5-7-9-11-13-15-17-19-20-21-23-25-27-29-31-35-40-37-38(33-34-39)41-36-32-30-28-26-24-22-18-16-14-12-10-8-6-4-2/h38H,3-37,39H2,1-2H3/t38-/m0/s1. The Kier molecular flexibility index (Phi) is 37.8. The van der Waals surface area contributed by atoms with Crippen LogP contribution in [0.3, 0.4) is 0 Å². The van der Waals surface area contributed by atoms with E-state index in [1.807, 2.05) is 0 Å². The predicted molar refractivity (Wildman–Crippen MR) is 184 cm³/mol. The molecule has 41 heavy (non-hydrogen) atoms. The van der Waals surface area contributed by atoms with E-state index in [1.54, 1.807) is 0 Å². The van der Waals surface area contributed by atoms with Gasteiger partial charge in [-0.15, -0.1) is 0 Å². The van der Waals surface area contributed by atoms with Crippen molar-refractivity contribution in [3.05, 3.63) is 0 Å². The third kappa shape index (κ3) is 36.0. The fourth-order valence-electron chi connectivity index (χ4n) is 5.91. The van der Waals surface area contributed by atoms with E-state index in [4.69, 9.17) is 15.2 Å². The molecule has 0 rings (SSSR count). The fraction of sp³-hybridized carbons (Fsp3) is 1.00. The van der Waals surface area contributed by atoms with Crippen molar-refractivity contribution in [2.75, 3.05) is 26.4 Å². The summed E-state index contributed by atoms with van der Waals surface area (Å²) in [6.07, 6.45) is 43.2. The highest BCUT2D eigenvalue weighted by Gasteiger charge is 2.08. The molecule has 0 radical (unpaired) electrons. The number of ether oxygens (including phenoxy) is 2. The van der Waals surface area contributed by atoms with Crippen LogP contribution in [0.4, 0.5) is 0 Å². The molecule has 0 bridgehead atoms. The van der Waals surface area contributed by atoms with E-state index in [0.29, 0.717) is 13.2 Å². The van der Waals surface area contributed by atoms with Crippen LogP contribution in [0.1, 0.15) is 213 Å². The van der Waals surface area contributed by atoms with Crippen LogP contribution in [-0.4, -0.2) is 32.5 Å². The Balaban J connectivity index is 3.34. The van der Waals surface area contributed by atoms with Gasteiger partial charge in [-0.25, -0.2) is 0 Å². The maximum Gasteiger partial charge on any atom is 0.0820 e. The maximum atomic E-state index is 6.12. The lowest BCUT2D eigenvalue weighted by molar-refractivity contribution is -0.0211. The summed E-state index contributed by atoms with van der Waals surface area (Å²) in [6.45, 7) is 7.74. The zero-order valence-corrected chi connectivity index (χ0v) is 28.7. The minimum absolute atomic E-state index is 0.183. The van der Waals surface area contributed by atoms with Gasteiger partial charge in [-0.3, -0.25) is 0 Å². The normalized spacial score (nSPS) is 12.4. The monoisotopic (exact) mass is 582 g/mol. The second-order valence-corrected chi connectivity index (χ2v) is 13.0. The van der Waals surface area contributed by atoms with Crippen molar-refractivity contribution in [3.63, 3.8) is 0 Å². The summed E-state index contributed by atoms with van der Waals surface area (Å²) in [7, 11) is 0. The Morgan fingerprint density at radius 3 is 1.00 bits per heavy atom. The Labute approximate surface area is 260 Å². The van der Waals surface area contributed by atoms with E-state index >= 15 is 0 Å². The third-order valence-electron chi connectivity index (χ3n) is 8.79. The first-order valence-electron chi connectivity index (χ1n) is 19.2. The number of nitrogens with two attached hydrogens (primary N) is 1. The molecule has 0 heterocycles. The maximum absolute atomic E-state index is 6.12. The van der Waals surface area contributed by atoms with E-state index in [0.717, 1.165) is 19.6 Å². The van der Waals surface area contributed by atoms with Crippen molar-refractivity contribution in [1.82, 2.24) is 0 Å². The molecule has 0 aliphatic heterocycles. The van der Waals surface area contributed by atoms with Crippen molar-refractivity contribution in [2.24, 2.45) is 5.73 Å². The van der Waals surface area contributed by atoms with E-state index < -0.39 is 0 Å². The van der Waals surface area contributed by atoms with Crippen LogP contribution >= 0.6 is 0 Å². The number of unbranched alkanes of at least 4 members (excludes halogenated alkanes) is 28. The molecule has 0 aromatic carbocycles. The van der Waals surface area contributed by atoms with Crippen molar-refractivity contribution in [3.8, 4) is 0 Å². The summed E-state index contributed by atoms with van der Waals surface area (Å²) in [5, 5.41) is 0.